The van der Waals surface area contributed by atoms with Crippen molar-refractivity contribution in [3.63, 3.8) is 0 Å². The lowest BCUT2D eigenvalue weighted by Gasteiger charge is -1.96. The smallest absolute Gasteiger partial charge is 0.122 e. The first kappa shape index (κ1) is 10.5. The van der Waals surface area contributed by atoms with Gasteiger partial charge < -0.3 is 10.1 Å². The van der Waals surface area contributed by atoms with Gasteiger partial charge in [-0.3, -0.25) is 0 Å². The predicted molar refractivity (Wildman–Crippen MR) is 70.0 cm³/mol. The SMILES string of the molecule is CC(O)c1nc(-c2c[nH]c3ccccc23)cs1. The minimum atomic E-state index is -0.501. The molecule has 0 saturated carbocycles. The molecule has 1 atom stereocenters. The number of aliphatic hydroxyl groups excluding tert-OH is 1. The lowest BCUT2D eigenvalue weighted by molar-refractivity contribution is 0.199. The van der Waals surface area contributed by atoms with E-state index in [0.717, 1.165) is 27.2 Å². The Morgan fingerprint density at radius 3 is 2.94 bits per heavy atom. The Bertz CT molecular complexity index is 654. The fraction of sp³-hybridized carbons (Fsp3) is 0.154. The molecule has 2 heterocycles. The van der Waals surface area contributed by atoms with Crippen LogP contribution < -0.4 is 0 Å². The van der Waals surface area contributed by atoms with Gasteiger partial charge in [0.25, 0.3) is 0 Å². The number of aromatic amines is 1. The molecule has 0 radical (unpaired) electrons. The molecule has 0 aliphatic heterocycles. The topological polar surface area (TPSA) is 48.9 Å². The molecule has 0 bridgehead atoms. The van der Waals surface area contributed by atoms with Crippen molar-refractivity contribution in [3.05, 3.63) is 40.8 Å². The fourth-order valence-electron chi connectivity index (χ4n) is 1.89. The zero-order chi connectivity index (χ0) is 11.8. The summed E-state index contributed by atoms with van der Waals surface area (Å²) in [5, 5.41) is 13.4. The third-order valence-corrected chi connectivity index (χ3v) is 3.76. The van der Waals surface area contributed by atoms with E-state index in [2.05, 4.69) is 16.0 Å². The summed E-state index contributed by atoms with van der Waals surface area (Å²) in [7, 11) is 0. The van der Waals surface area contributed by atoms with Gasteiger partial charge in [-0.15, -0.1) is 11.3 Å². The zero-order valence-electron chi connectivity index (χ0n) is 9.34. The molecule has 17 heavy (non-hydrogen) atoms. The standard InChI is InChI=1S/C13H12N2OS/c1-8(16)13-15-12(7-17-13)10-6-14-11-5-3-2-4-9(10)11/h2-8,14,16H,1H3. The highest BCUT2D eigenvalue weighted by atomic mass is 32.1. The van der Waals surface area contributed by atoms with Crippen molar-refractivity contribution in [3.8, 4) is 11.3 Å². The van der Waals surface area contributed by atoms with E-state index < -0.39 is 6.10 Å². The highest BCUT2D eigenvalue weighted by Crippen LogP contribution is 2.30. The Morgan fingerprint density at radius 1 is 1.35 bits per heavy atom. The Hall–Kier alpha value is -1.65. The van der Waals surface area contributed by atoms with Gasteiger partial charge in [0, 0.05) is 28.0 Å². The largest absolute Gasteiger partial charge is 0.386 e. The van der Waals surface area contributed by atoms with E-state index >= 15 is 0 Å². The number of aliphatic hydroxyl groups is 1. The summed E-state index contributed by atoms with van der Waals surface area (Å²) in [5.74, 6) is 0. The summed E-state index contributed by atoms with van der Waals surface area (Å²) < 4.78 is 0. The van der Waals surface area contributed by atoms with Gasteiger partial charge in [-0.1, -0.05) is 18.2 Å². The molecule has 3 rings (SSSR count). The van der Waals surface area contributed by atoms with Gasteiger partial charge in [0.15, 0.2) is 0 Å². The molecule has 3 nitrogen and oxygen atoms in total. The van der Waals surface area contributed by atoms with Crippen molar-refractivity contribution in [2.45, 2.75) is 13.0 Å². The van der Waals surface area contributed by atoms with Crippen LogP contribution in [0.4, 0.5) is 0 Å². The number of hydrogen-bond donors (Lipinski definition) is 2. The number of nitrogens with zero attached hydrogens (tertiary/aromatic N) is 1. The number of rotatable bonds is 2. The molecule has 0 fully saturated rings. The molecule has 1 aromatic carbocycles. The van der Waals surface area contributed by atoms with Gasteiger partial charge in [0.05, 0.1) is 5.69 Å². The Morgan fingerprint density at radius 2 is 2.18 bits per heavy atom. The molecule has 4 heteroatoms. The van der Waals surface area contributed by atoms with E-state index in [9.17, 15) is 5.11 Å². The van der Waals surface area contributed by atoms with Crippen LogP contribution in [0.5, 0.6) is 0 Å². The van der Waals surface area contributed by atoms with Crippen LogP contribution in [0.2, 0.25) is 0 Å². The number of H-pyrrole nitrogens is 1. The second-order valence-corrected chi connectivity index (χ2v) is 4.88. The Labute approximate surface area is 103 Å². The molecular weight excluding hydrogens is 232 g/mol. The number of benzene rings is 1. The quantitative estimate of drug-likeness (QED) is 0.726. The van der Waals surface area contributed by atoms with Gasteiger partial charge in [-0.05, 0) is 13.0 Å². The van der Waals surface area contributed by atoms with E-state index in [-0.39, 0.29) is 0 Å². The minimum Gasteiger partial charge on any atom is -0.386 e. The third kappa shape index (κ3) is 1.75. The summed E-state index contributed by atoms with van der Waals surface area (Å²) >= 11 is 1.49. The summed E-state index contributed by atoms with van der Waals surface area (Å²) in [4.78, 5) is 7.68. The van der Waals surface area contributed by atoms with Gasteiger partial charge in [0.2, 0.25) is 0 Å². The molecule has 2 aromatic heterocycles. The molecule has 0 aliphatic rings. The van der Waals surface area contributed by atoms with Crippen molar-refractivity contribution in [1.29, 1.82) is 0 Å². The Kier molecular flexibility index (Phi) is 2.46. The molecule has 86 valence electrons. The average molecular weight is 244 g/mol. The minimum absolute atomic E-state index is 0.501. The van der Waals surface area contributed by atoms with Gasteiger partial charge >= 0.3 is 0 Å². The van der Waals surface area contributed by atoms with Crippen LogP contribution in [0.25, 0.3) is 22.2 Å². The number of fused-ring (bicyclic) bond motifs is 1. The van der Waals surface area contributed by atoms with Crippen molar-refractivity contribution in [1.82, 2.24) is 9.97 Å². The van der Waals surface area contributed by atoms with Gasteiger partial charge in [0.1, 0.15) is 11.1 Å². The zero-order valence-corrected chi connectivity index (χ0v) is 10.2. The predicted octanol–water partition coefficient (Wildman–Crippen LogP) is 3.34. The summed E-state index contributed by atoms with van der Waals surface area (Å²) in [5.41, 5.74) is 3.11. The molecular formula is C13H12N2OS. The lowest BCUT2D eigenvalue weighted by Crippen LogP contribution is -1.88. The molecule has 0 aliphatic carbocycles. The van der Waals surface area contributed by atoms with E-state index in [4.69, 9.17) is 0 Å². The number of nitrogens with one attached hydrogen (secondary N) is 1. The van der Waals surface area contributed by atoms with E-state index in [1.807, 2.05) is 29.8 Å². The fourth-order valence-corrected chi connectivity index (χ4v) is 2.65. The van der Waals surface area contributed by atoms with Crippen molar-refractivity contribution >= 4 is 22.2 Å². The maximum atomic E-state index is 9.49. The maximum absolute atomic E-state index is 9.49. The summed E-state index contributed by atoms with van der Waals surface area (Å²) in [6.45, 7) is 1.73. The van der Waals surface area contributed by atoms with Crippen LogP contribution in [-0.4, -0.2) is 15.1 Å². The average Bonchev–Trinajstić information content (AvgIpc) is 2.95. The normalized spacial score (nSPS) is 13.1. The van der Waals surface area contributed by atoms with Gasteiger partial charge in [-0.25, -0.2) is 4.98 Å². The van der Waals surface area contributed by atoms with Crippen LogP contribution in [0.1, 0.15) is 18.0 Å². The first-order valence-corrected chi connectivity index (χ1v) is 6.33. The van der Waals surface area contributed by atoms with Crippen LogP contribution in [0.15, 0.2) is 35.8 Å². The highest BCUT2D eigenvalue weighted by molar-refractivity contribution is 7.10. The van der Waals surface area contributed by atoms with Crippen molar-refractivity contribution < 1.29 is 5.11 Å². The summed E-state index contributed by atoms with van der Waals surface area (Å²) in [6, 6.07) is 8.13. The van der Waals surface area contributed by atoms with Crippen molar-refractivity contribution in [2.24, 2.45) is 0 Å². The number of thiazole rings is 1. The first-order valence-electron chi connectivity index (χ1n) is 5.45. The van der Waals surface area contributed by atoms with E-state index in [0.29, 0.717) is 0 Å². The van der Waals surface area contributed by atoms with E-state index in [1.165, 1.54) is 11.3 Å². The third-order valence-electron chi connectivity index (χ3n) is 2.74. The highest BCUT2D eigenvalue weighted by Gasteiger charge is 2.11. The molecule has 0 spiro atoms. The number of para-hydroxylation sites is 1. The second kappa shape index (κ2) is 3.98. The van der Waals surface area contributed by atoms with Crippen LogP contribution in [-0.2, 0) is 0 Å². The lowest BCUT2D eigenvalue weighted by atomic mass is 10.1. The summed E-state index contributed by atoms with van der Waals surface area (Å²) in [6.07, 6.45) is 1.46. The maximum Gasteiger partial charge on any atom is 0.122 e. The molecule has 2 N–H and O–H groups in total. The van der Waals surface area contributed by atoms with Gasteiger partial charge in [-0.2, -0.15) is 0 Å². The van der Waals surface area contributed by atoms with Crippen LogP contribution >= 0.6 is 11.3 Å². The molecule has 3 aromatic rings. The first-order chi connectivity index (χ1) is 8.25. The van der Waals surface area contributed by atoms with Crippen LogP contribution in [0.3, 0.4) is 0 Å². The van der Waals surface area contributed by atoms with Crippen molar-refractivity contribution in [2.75, 3.05) is 0 Å². The Balaban J connectivity index is 2.14. The molecule has 1 unspecified atom stereocenters. The number of aromatic nitrogens is 2. The molecule has 0 saturated heterocycles. The monoisotopic (exact) mass is 244 g/mol. The second-order valence-electron chi connectivity index (χ2n) is 3.99. The molecule has 0 amide bonds. The van der Waals surface area contributed by atoms with E-state index in [1.54, 1.807) is 6.92 Å². The number of hydrogen-bond acceptors (Lipinski definition) is 3. The van der Waals surface area contributed by atoms with Crippen LogP contribution in [0, 0.1) is 0 Å².